The zero-order chi connectivity index (χ0) is 34.8. The minimum Gasteiger partial charge on any atom is -0.444 e. The lowest BCUT2D eigenvalue weighted by Crippen LogP contribution is -2.45. The van der Waals surface area contributed by atoms with Crippen LogP contribution in [0.3, 0.4) is 0 Å². The lowest BCUT2D eigenvalue weighted by Gasteiger charge is -2.28. The molecule has 5 rings (SSSR count). The second-order valence-electron chi connectivity index (χ2n) is 14.2. The first kappa shape index (κ1) is 34.4. The number of H-pyrrole nitrogens is 1. The predicted octanol–water partition coefficient (Wildman–Crippen LogP) is 5.59. The maximum atomic E-state index is 13.0. The molecule has 2 fully saturated rings. The zero-order valence-corrected chi connectivity index (χ0v) is 28.3. The Labute approximate surface area is 279 Å². The first-order valence-corrected chi connectivity index (χ1v) is 16.3. The van der Waals surface area contributed by atoms with Gasteiger partial charge in [0.15, 0.2) is 5.78 Å². The monoisotopic (exact) mass is 660 g/mol. The van der Waals surface area contributed by atoms with Crippen molar-refractivity contribution in [3.63, 3.8) is 0 Å². The molecule has 3 N–H and O–H groups in total. The van der Waals surface area contributed by atoms with Crippen molar-refractivity contribution in [1.82, 2.24) is 25.1 Å². The number of aromatic amines is 1. The highest BCUT2D eigenvalue weighted by Crippen LogP contribution is 2.33. The van der Waals surface area contributed by atoms with Gasteiger partial charge in [0.25, 0.3) is 5.91 Å². The molecule has 1 aromatic heterocycles. The first-order valence-electron chi connectivity index (χ1n) is 16.3. The van der Waals surface area contributed by atoms with E-state index in [1.54, 1.807) is 68.1 Å². The third kappa shape index (κ3) is 8.31. The minimum atomic E-state index is -0.664. The Bertz CT molecular complexity index is 1700. The number of imidazole rings is 1. The van der Waals surface area contributed by atoms with Gasteiger partial charge in [-0.25, -0.2) is 14.6 Å². The highest BCUT2D eigenvalue weighted by atomic mass is 16.6. The second kappa shape index (κ2) is 13.7. The third-order valence-corrected chi connectivity index (χ3v) is 8.03. The molecule has 0 bridgehead atoms. The second-order valence-corrected chi connectivity index (χ2v) is 14.2. The van der Waals surface area contributed by atoms with E-state index in [4.69, 9.17) is 9.47 Å². The summed E-state index contributed by atoms with van der Waals surface area (Å²) >= 11 is 0. The van der Waals surface area contributed by atoms with Crippen LogP contribution in [-0.4, -0.2) is 86.4 Å². The van der Waals surface area contributed by atoms with Crippen molar-refractivity contribution in [3.8, 4) is 0 Å². The molecular weight excluding hydrogens is 616 g/mol. The normalized spacial score (nSPS) is 18.1. The molecule has 3 aromatic rings. The molecule has 3 heterocycles. The van der Waals surface area contributed by atoms with Crippen molar-refractivity contribution in [2.45, 2.75) is 90.5 Å². The number of rotatable bonds is 7. The Morgan fingerprint density at radius 1 is 0.833 bits per heavy atom. The largest absolute Gasteiger partial charge is 0.444 e. The molecule has 2 saturated heterocycles. The number of ether oxygens (including phenoxy) is 2. The Balaban J connectivity index is 1.15. The standard InChI is InChI=1S/C35H44N6O7/c1-34(2,3)47-32(45)40-17-7-9-26(40)29-38-24-16-13-22(19-25(24)39-29)28(42)20-36-30(43)21-11-14-23(15-12-21)37-31(44)27-10-8-18-41(27)33(46)48-35(4,5)6/h11-16,19,26-27H,7-10,17-18,20H2,1-6H3,(H,36,43)(H,37,44)(H,38,39)/t26-,27-/m0/s1. The van der Waals surface area contributed by atoms with E-state index in [2.05, 4.69) is 20.6 Å². The number of ketones is 1. The van der Waals surface area contributed by atoms with Crippen LogP contribution in [0.5, 0.6) is 0 Å². The summed E-state index contributed by atoms with van der Waals surface area (Å²) in [6, 6.07) is 10.5. The summed E-state index contributed by atoms with van der Waals surface area (Å²) in [6.07, 6.45) is 1.90. The van der Waals surface area contributed by atoms with Crippen molar-refractivity contribution >= 4 is 46.5 Å². The molecule has 2 aliphatic heterocycles. The fourth-order valence-corrected chi connectivity index (χ4v) is 5.82. The van der Waals surface area contributed by atoms with Gasteiger partial charge in [-0.15, -0.1) is 0 Å². The van der Waals surface area contributed by atoms with Crippen LogP contribution in [0.4, 0.5) is 15.3 Å². The third-order valence-electron chi connectivity index (χ3n) is 8.03. The molecule has 48 heavy (non-hydrogen) atoms. The number of amides is 4. The van der Waals surface area contributed by atoms with Gasteiger partial charge in [0, 0.05) is 29.9 Å². The van der Waals surface area contributed by atoms with Crippen LogP contribution in [-0.2, 0) is 14.3 Å². The summed E-state index contributed by atoms with van der Waals surface area (Å²) in [4.78, 5) is 75.2. The lowest BCUT2D eigenvalue weighted by molar-refractivity contribution is -0.120. The van der Waals surface area contributed by atoms with Gasteiger partial charge in [0.2, 0.25) is 5.91 Å². The highest BCUT2D eigenvalue weighted by Gasteiger charge is 2.37. The number of carbonyl (C=O) groups is 5. The molecule has 4 amide bonds. The molecule has 0 radical (unpaired) electrons. The Kier molecular flexibility index (Phi) is 9.79. The van der Waals surface area contributed by atoms with Crippen LogP contribution < -0.4 is 10.6 Å². The highest BCUT2D eigenvalue weighted by molar-refractivity contribution is 6.04. The summed E-state index contributed by atoms with van der Waals surface area (Å²) < 4.78 is 11.0. The quantitative estimate of drug-likeness (QED) is 0.277. The van der Waals surface area contributed by atoms with E-state index in [0.717, 1.165) is 12.8 Å². The van der Waals surface area contributed by atoms with Crippen molar-refractivity contribution in [2.75, 3.05) is 25.0 Å². The Morgan fingerprint density at radius 3 is 2.10 bits per heavy atom. The molecule has 2 aromatic carbocycles. The van der Waals surface area contributed by atoms with Gasteiger partial charge in [-0.1, -0.05) is 0 Å². The van der Waals surface area contributed by atoms with Gasteiger partial charge in [-0.05, 0) is 110 Å². The van der Waals surface area contributed by atoms with E-state index in [1.165, 1.54) is 4.90 Å². The van der Waals surface area contributed by atoms with Crippen LogP contribution in [0.2, 0.25) is 0 Å². The molecule has 13 heteroatoms. The molecule has 0 unspecified atom stereocenters. The zero-order valence-electron chi connectivity index (χ0n) is 28.3. The lowest BCUT2D eigenvalue weighted by atomic mass is 10.1. The SMILES string of the molecule is CC(C)(C)OC(=O)N1CCC[C@H]1C(=O)Nc1ccc(C(=O)NCC(=O)c2ccc3nc([C@@H]4CCCN4C(=O)OC(C)(C)C)[nH]c3c2)cc1. The molecule has 2 atom stereocenters. The van der Waals surface area contributed by atoms with Gasteiger partial charge >= 0.3 is 12.2 Å². The number of likely N-dealkylation sites (tertiary alicyclic amines) is 2. The Morgan fingerprint density at radius 2 is 1.44 bits per heavy atom. The molecule has 0 aliphatic carbocycles. The van der Waals surface area contributed by atoms with Crippen LogP contribution in [0.1, 0.15) is 99.8 Å². The minimum absolute atomic E-state index is 0.221. The smallest absolute Gasteiger partial charge is 0.410 e. The summed E-state index contributed by atoms with van der Waals surface area (Å²) in [6.45, 7) is 11.6. The number of nitrogens with zero attached hydrogens (tertiary/aromatic N) is 3. The topological polar surface area (TPSA) is 163 Å². The summed E-state index contributed by atoms with van der Waals surface area (Å²) in [5.41, 5.74) is 1.25. The number of hydrogen-bond donors (Lipinski definition) is 3. The molecule has 2 aliphatic rings. The molecular formula is C35H44N6O7. The average molecular weight is 661 g/mol. The van der Waals surface area contributed by atoms with Crippen LogP contribution in [0.15, 0.2) is 42.5 Å². The maximum absolute atomic E-state index is 13.0. The van der Waals surface area contributed by atoms with Gasteiger partial charge in [-0.3, -0.25) is 24.2 Å². The fourth-order valence-electron chi connectivity index (χ4n) is 5.82. The number of anilines is 1. The van der Waals surface area contributed by atoms with Gasteiger partial charge < -0.3 is 25.1 Å². The number of benzene rings is 2. The van der Waals surface area contributed by atoms with E-state index in [-0.39, 0.29) is 30.4 Å². The maximum Gasteiger partial charge on any atom is 0.410 e. The van der Waals surface area contributed by atoms with Crippen molar-refractivity contribution < 1.29 is 33.4 Å². The summed E-state index contributed by atoms with van der Waals surface area (Å²) in [5.74, 6) is -0.422. The molecule has 13 nitrogen and oxygen atoms in total. The van der Waals surface area contributed by atoms with E-state index in [9.17, 15) is 24.0 Å². The summed E-state index contributed by atoms with van der Waals surface area (Å²) in [5, 5.41) is 5.47. The van der Waals surface area contributed by atoms with Gasteiger partial charge in [-0.2, -0.15) is 0 Å². The average Bonchev–Trinajstić information content (AvgIpc) is 3.77. The predicted molar refractivity (Wildman–Crippen MR) is 179 cm³/mol. The van der Waals surface area contributed by atoms with Crippen LogP contribution >= 0.6 is 0 Å². The number of aromatic nitrogens is 2. The van der Waals surface area contributed by atoms with E-state index in [0.29, 0.717) is 59.6 Å². The van der Waals surface area contributed by atoms with E-state index in [1.807, 2.05) is 20.8 Å². The molecule has 0 spiro atoms. The van der Waals surface area contributed by atoms with E-state index >= 15 is 0 Å². The fraction of sp³-hybridized carbons (Fsp3) is 0.486. The number of fused-ring (bicyclic) bond motifs is 1. The number of hydrogen-bond acceptors (Lipinski definition) is 8. The van der Waals surface area contributed by atoms with Crippen LogP contribution in [0.25, 0.3) is 11.0 Å². The van der Waals surface area contributed by atoms with E-state index < -0.39 is 29.2 Å². The first-order chi connectivity index (χ1) is 22.6. The van der Waals surface area contributed by atoms with Crippen molar-refractivity contribution in [1.29, 1.82) is 0 Å². The van der Waals surface area contributed by atoms with Gasteiger partial charge in [0.1, 0.15) is 23.1 Å². The summed E-state index contributed by atoms with van der Waals surface area (Å²) in [7, 11) is 0. The van der Waals surface area contributed by atoms with Gasteiger partial charge in [0.05, 0.1) is 23.6 Å². The Hall–Kier alpha value is -4.94. The van der Waals surface area contributed by atoms with Crippen LogP contribution in [0, 0.1) is 0 Å². The number of Topliss-reactive ketones (excluding diaryl/α,β-unsaturated/α-hetero) is 1. The number of carbonyl (C=O) groups excluding carboxylic acids is 5. The molecule has 0 saturated carbocycles. The molecule has 256 valence electrons. The van der Waals surface area contributed by atoms with Crippen molar-refractivity contribution in [3.05, 3.63) is 59.4 Å². The van der Waals surface area contributed by atoms with Crippen molar-refractivity contribution in [2.24, 2.45) is 0 Å². The number of nitrogens with one attached hydrogen (secondary N) is 3.